The molecule has 2 heterocycles. The van der Waals surface area contributed by atoms with Crippen molar-refractivity contribution >= 4 is 11.3 Å². The van der Waals surface area contributed by atoms with Gasteiger partial charge in [-0.2, -0.15) is 11.3 Å². The van der Waals surface area contributed by atoms with E-state index in [1.807, 2.05) is 16.8 Å². The zero-order chi connectivity index (χ0) is 12.1. The van der Waals surface area contributed by atoms with Gasteiger partial charge >= 0.3 is 0 Å². The molecular formula is C13H22N2OS. The molecule has 1 aromatic heterocycles. The number of hydrogen-bond acceptors (Lipinski definition) is 4. The maximum Gasteiger partial charge on any atom is 0.0922 e. The number of piperidine rings is 1. The number of thiophene rings is 1. The highest BCUT2D eigenvalue weighted by Crippen LogP contribution is 2.16. The maximum absolute atomic E-state index is 9.92. The molecule has 0 aliphatic carbocycles. The maximum atomic E-state index is 9.92. The van der Waals surface area contributed by atoms with Crippen LogP contribution in [0.2, 0.25) is 0 Å². The minimum atomic E-state index is -0.359. The van der Waals surface area contributed by atoms with E-state index in [0.29, 0.717) is 6.54 Å². The van der Waals surface area contributed by atoms with E-state index in [-0.39, 0.29) is 6.10 Å². The number of aliphatic hydroxyl groups is 1. The Hall–Kier alpha value is -0.420. The van der Waals surface area contributed by atoms with E-state index in [4.69, 9.17) is 0 Å². The lowest BCUT2D eigenvalue weighted by molar-refractivity contribution is 0.163. The molecule has 0 aromatic carbocycles. The van der Waals surface area contributed by atoms with Gasteiger partial charge in [-0.1, -0.05) is 0 Å². The number of aliphatic hydroxyl groups excluding tert-OH is 1. The quantitative estimate of drug-likeness (QED) is 0.840. The summed E-state index contributed by atoms with van der Waals surface area (Å²) in [5.41, 5.74) is 1.03. The van der Waals surface area contributed by atoms with E-state index in [9.17, 15) is 5.11 Å². The Bertz CT molecular complexity index is 315. The van der Waals surface area contributed by atoms with Crippen molar-refractivity contribution in [1.29, 1.82) is 0 Å². The Labute approximate surface area is 107 Å². The van der Waals surface area contributed by atoms with Crippen LogP contribution in [0.3, 0.4) is 0 Å². The molecule has 1 fully saturated rings. The van der Waals surface area contributed by atoms with Gasteiger partial charge in [0.05, 0.1) is 6.10 Å². The first-order valence-electron chi connectivity index (χ1n) is 6.35. The van der Waals surface area contributed by atoms with Crippen LogP contribution in [0.4, 0.5) is 0 Å². The molecule has 2 unspecified atom stereocenters. The van der Waals surface area contributed by atoms with Gasteiger partial charge in [0.1, 0.15) is 0 Å². The number of likely N-dealkylation sites (tertiary alicyclic amines) is 1. The van der Waals surface area contributed by atoms with E-state index in [1.54, 1.807) is 11.3 Å². The summed E-state index contributed by atoms with van der Waals surface area (Å²) in [6.45, 7) is 4.10. The highest BCUT2D eigenvalue weighted by Gasteiger charge is 2.17. The number of hydrogen-bond donors (Lipinski definition) is 2. The van der Waals surface area contributed by atoms with Crippen molar-refractivity contribution in [2.45, 2.75) is 18.9 Å². The predicted octanol–water partition coefficient (Wildman–Crippen LogP) is 1.71. The average Bonchev–Trinajstić information content (AvgIpc) is 2.82. The first kappa shape index (κ1) is 13.0. The number of nitrogens with one attached hydrogen (secondary N) is 1. The lowest BCUT2D eigenvalue weighted by Crippen LogP contribution is -2.38. The molecule has 1 saturated heterocycles. The Balaban J connectivity index is 1.65. The fraction of sp³-hybridized carbons (Fsp3) is 0.692. The van der Waals surface area contributed by atoms with Gasteiger partial charge in [0, 0.05) is 13.1 Å². The lowest BCUT2D eigenvalue weighted by atomic mass is 9.98. The van der Waals surface area contributed by atoms with E-state index in [0.717, 1.165) is 18.0 Å². The van der Waals surface area contributed by atoms with E-state index in [1.165, 1.54) is 25.9 Å². The second kappa shape index (κ2) is 6.50. The second-order valence-electron chi connectivity index (χ2n) is 5.00. The first-order chi connectivity index (χ1) is 8.25. The van der Waals surface area contributed by atoms with Crippen molar-refractivity contribution in [2.75, 3.05) is 33.2 Å². The van der Waals surface area contributed by atoms with Crippen LogP contribution in [0.1, 0.15) is 24.5 Å². The summed E-state index contributed by atoms with van der Waals surface area (Å²) in [6.07, 6.45) is 2.25. The van der Waals surface area contributed by atoms with Crippen molar-refractivity contribution in [3.8, 4) is 0 Å². The van der Waals surface area contributed by atoms with E-state index < -0.39 is 0 Å². The van der Waals surface area contributed by atoms with Crippen LogP contribution in [0.25, 0.3) is 0 Å². The molecule has 0 bridgehead atoms. The summed E-state index contributed by atoms with van der Waals surface area (Å²) >= 11 is 1.64. The molecule has 1 aliphatic rings. The third kappa shape index (κ3) is 4.07. The Morgan fingerprint density at radius 1 is 1.65 bits per heavy atom. The van der Waals surface area contributed by atoms with Crippen LogP contribution in [-0.2, 0) is 0 Å². The molecule has 2 rings (SSSR count). The summed E-state index contributed by atoms with van der Waals surface area (Å²) < 4.78 is 0. The SMILES string of the molecule is CN1CCCC(CNCC(O)c2ccsc2)C1. The van der Waals surface area contributed by atoms with Gasteiger partial charge in [-0.05, 0) is 61.3 Å². The van der Waals surface area contributed by atoms with E-state index in [2.05, 4.69) is 17.3 Å². The van der Waals surface area contributed by atoms with Crippen LogP contribution >= 0.6 is 11.3 Å². The first-order valence-corrected chi connectivity index (χ1v) is 7.29. The highest BCUT2D eigenvalue weighted by molar-refractivity contribution is 7.07. The van der Waals surface area contributed by atoms with Crippen molar-refractivity contribution in [3.63, 3.8) is 0 Å². The molecule has 17 heavy (non-hydrogen) atoms. The van der Waals surface area contributed by atoms with Crippen LogP contribution in [0, 0.1) is 5.92 Å². The van der Waals surface area contributed by atoms with Gasteiger partial charge in [0.15, 0.2) is 0 Å². The monoisotopic (exact) mass is 254 g/mol. The number of rotatable bonds is 5. The summed E-state index contributed by atoms with van der Waals surface area (Å²) in [5, 5.41) is 17.3. The smallest absolute Gasteiger partial charge is 0.0922 e. The largest absolute Gasteiger partial charge is 0.387 e. The Morgan fingerprint density at radius 2 is 2.53 bits per heavy atom. The molecule has 2 N–H and O–H groups in total. The fourth-order valence-corrected chi connectivity index (χ4v) is 3.15. The average molecular weight is 254 g/mol. The molecule has 4 heteroatoms. The van der Waals surface area contributed by atoms with Gasteiger partial charge in [0.2, 0.25) is 0 Å². The molecular weight excluding hydrogens is 232 g/mol. The fourth-order valence-electron chi connectivity index (χ4n) is 2.45. The zero-order valence-electron chi connectivity index (χ0n) is 10.4. The Morgan fingerprint density at radius 3 is 3.24 bits per heavy atom. The predicted molar refractivity (Wildman–Crippen MR) is 72.4 cm³/mol. The molecule has 0 radical (unpaired) electrons. The summed E-state index contributed by atoms with van der Waals surface area (Å²) in [4.78, 5) is 2.39. The molecule has 3 nitrogen and oxygen atoms in total. The standard InChI is InChI=1S/C13H22N2OS/c1-15-5-2-3-11(9-15)7-14-8-13(16)12-4-6-17-10-12/h4,6,10-11,13-14,16H,2-3,5,7-9H2,1H3. The van der Waals surface area contributed by atoms with Crippen LogP contribution in [0.15, 0.2) is 16.8 Å². The Kier molecular flexibility index (Phi) is 4.98. The third-order valence-electron chi connectivity index (χ3n) is 3.42. The zero-order valence-corrected chi connectivity index (χ0v) is 11.2. The second-order valence-corrected chi connectivity index (χ2v) is 5.78. The normalized spacial score (nSPS) is 23.8. The van der Waals surface area contributed by atoms with Gasteiger partial charge in [-0.3, -0.25) is 0 Å². The molecule has 0 spiro atoms. The minimum Gasteiger partial charge on any atom is -0.387 e. The summed E-state index contributed by atoms with van der Waals surface area (Å²) in [6, 6.07) is 1.99. The molecule has 0 saturated carbocycles. The molecule has 0 amide bonds. The topological polar surface area (TPSA) is 35.5 Å². The van der Waals surface area contributed by atoms with Gasteiger partial charge < -0.3 is 15.3 Å². The minimum absolute atomic E-state index is 0.359. The molecule has 96 valence electrons. The summed E-state index contributed by atoms with van der Waals surface area (Å²) in [7, 11) is 2.19. The van der Waals surface area contributed by atoms with Gasteiger partial charge in [0.25, 0.3) is 0 Å². The highest BCUT2D eigenvalue weighted by atomic mass is 32.1. The molecule has 1 aromatic rings. The van der Waals surface area contributed by atoms with Gasteiger partial charge in [-0.25, -0.2) is 0 Å². The van der Waals surface area contributed by atoms with E-state index >= 15 is 0 Å². The van der Waals surface area contributed by atoms with Gasteiger partial charge in [-0.15, -0.1) is 0 Å². The van der Waals surface area contributed by atoms with Crippen molar-refractivity contribution < 1.29 is 5.11 Å². The summed E-state index contributed by atoms with van der Waals surface area (Å²) in [5.74, 6) is 0.739. The van der Waals surface area contributed by atoms with Crippen LogP contribution in [-0.4, -0.2) is 43.2 Å². The lowest BCUT2D eigenvalue weighted by Gasteiger charge is -2.30. The molecule has 1 aliphatic heterocycles. The van der Waals surface area contributed by atoms with Crippen molar-refractivity contribution in [2.24, 2.45) is 5.92 Å². The van der Waals surface area contributed by atoms with Crippen LogP contribution < -0.4 is 5.32 Å². The van der Waals surface area contributed by atoms with Crippen molar-refractivity contribution in [1.82, 2.24) is 10.2 Å². The molecule has 2 atom stereocenters. The number of nitrogens with zero attached hydrogens (tertiary/aromatic N) is 1. The van der Waals surface area contributed by atoms with Crippen LogP contribution in [0.5, 0.6) is 0 Å². The van der Waals surface area contributed by atoms with Crippen molar-refractivity contribution in [3.05, 3.63) is 22.4 Å². The third-order valence-corrected chi connectivity index (χ3v) is 4.12.